The lowest BCUT2D eigenvalue weighted by Crippen LogP contribution is -2.19. The van der Waals surface area contributed by atoms with Crippen LogP contribution in [0.15, 0.2) is 0 Å². The van der Waals surface area contributed by atoms with Crippen LogP contribution in [0.3, 0.4) is 0 Å². The van der Waals surface area contributed by atoms with E-state index in [2.05, 4.69) is 4.74 Å². The lowest BCUT2D eigenvalue weighted by molar-refractivity contribution is -0.146. The third kappa shape index (κ3) is 4.75. The van der Waals surface area contributed by atoms with Gasteiger partial charge in [0, 0.05) is 0 Å². The Morgan fingerprint density at radius 1 is 1.64 bits per heavy atom. The minimum atomic E-state index is -0.289. The number of hydrogen-bond donors (Lipinski definition) is 1. The van der Waals surface area contributed by atoms with Gasteiger partial charge in [-0.2, -0.15) is 0 Å². The molecule has 1 atom stereocenters. The number of aliphatic hydroxyl groups excluding tert-OH is 1. The molecule has 1 N–H and O–H groups in total. The first-order valence-corrected chi connectivity index (χ1v) is 3.48. The summed E-state index contributed by atoms with van der Waals surface area (Å²) < 4.78 is 9.38. The Morgan fingerprint density at radius 3 is 2.73 bits per heavy atom. The summed E-state index contributed by atoms with van der Waals surface area (Å²) in [6.45, 7) is 2.26. The maximum absolute atomic E-state index is 10.7. The van der Waals surface area contributed by atoms with Gasteiger partial charge in [-0.05, 0) is 6.92 Å². The third-order valence-electron chi connectivity index (χ3n) is 1.21. The molecule has 0 unspecified atom stereocenters. The molecule has 66 valence electrons. The molecule has 0 amide bonds. The van der Waals surface area contributed by atoms with E-state index in [0.29, 0.717) is 6.61 Å². The van der Waals surface area contributed by atoms with Crippen molar-refractivity contribution in [1.29, 1.82) is 0 Å². The summed E-state index contributed by atoms with van der Waals surface area (Å²) in [6, 6.07) is 0. The van der Waals surface area contributed by atoms with E-state index in [1.165, 1.54) is 7.11 Å². The second-order valence-corrected chi connectivity index (χ2v) is 2.22. The number of methoxy groups -OCH3 is 1. The molecule has 0 saturated heterocycles. The topological polar surface area (TPSA) is 55.8 Å². The van der Waals surface area contributed by atoms with Gasteiger partial charge in [0.2, 0.25) is 0 Å². The van der Waals surface area contributed by atoms with E-state index < -0.39 is 0 Å². The van der Waals surface area contributed by atoms with Gasteiger partial charge < -0.3 is 14.6 Å². The number of hydrogen-bond acceptors (Lipinski definition) is 4. The molecular formula is C7H14O4. The van der Waals surface area contributed by atoms with Crippen molar-refractivity contribution in [3.05, 3.63) is 0 Å². The normalized spacial score (nSPS) is 12.6. The molecule has 4 nitrogen and oxygen atoms in total. The molecule has 0 spiro atoms. The number of esters is 1. The number of carbonyl (C=O) groups excluding carboxylic acids is 1. The molecule has 0 aromatic rings. The molecule has 0 rings (SSSR count). The lowest BCUT2D eigenvalue weighted by Gasteiger charge is -2.08. The Hall–Kier alpha value is -0.610. The van der Waals surface area contributed by atoms with Crippen LogP contribution in [0.2, 0.25) is 0 Å². The average molecular weight is 162 g/mol. The van der Waals surface area contributed by atoms with Crippen LogP contribution in [0, 0.1) is 5.92 Å². The minimum Gasteiger partial charge on any atom is -0.469 e. The van der Waals surface area contributed by atoms with Gasteiger partial charge in [0.25, 0.3) is 0 Å². The summed E-state index contributed by atoms with van der Waals surface area (Å²) in [6.07, 6.45) is 0. The van der Waals surface area contributed by atoms with Crippen LogP contribution in [0.1, 0.15) is 6.92 Å². The summed E-state index contributed by atoms with van der Waals surface area (Å²) in [4.78, 5) is 10.7. The van der Waals surface area contributed by atoms with E-state index >= 15 is 0 Å². The van der Waals surface area contributed by atoms with Crippen molar-refractivity contribution in [3.63, 3.8) is 0 Å². The fraction of sp³-hybridized carbons (Fsp3) is 0.857. The van der Waals surface area contributed by atoms with Gasteiger partial charge >= 0.3 is 5.97 Å². The van der Waals surface area contributed by atoms with Crippen molar-refractivity contribution in [1.82, 2.24) is 0 Å². The Morgan fingerprint density at radius 2 is 2.27 bits per heavy atom. The maximum atomic E-state index is 10.7. The van der Waals surface area contributed by atoms with Gasteiger partial charge in [0.1, 0.15) is 0 Å². The van der Waals surface area contributed by atoms with E-state index in [1.54, 1.807) is 6.92 Å². The van der Waals surface area contributed by atoms with Gasteiger partial charge in [-0.25, -0.2) is 0 Å². The molecule has 0 radical (unpaired) electrons. The predicted molar refractivity (Wildman–Crippen MR) is 39.1 cm³/mol. The summed E-state index contributed by atoms with van der Waals surface area (Å²) in [5.41, 5.74) is 0. The van der Waals surface area contributed by atoms with Crippen molar-refractivity contribution in [2.45, 2.75) is 6.92 Å². The zero-order valence-electron chi connectivity index (χ0n) is 6.87. The van der Waals surface area contributed by atoms with Gasteiger partial charge in [0.15, 0.2) is 0 Å². The molecule has 0 aliphatic rings. The first kappa shape index (κ1) is 10.4. The lowest BCUT2D eigenvalue weighted by atomic mass is 10.2. The van der Waals surface area contributed by atoms with E-state index in [9.17, 15) is 4.79 Å². The van der Waals surface area contributed by atoms with Crippen LogP contribution in [0.4, 0.5) is 0 Å². The van der Waals surface area contributed by atoms with E-state index in [1.807, 2.05) is 0 Å². The van der Waals surface area contributed by atoms with Crippen LogP contribution >= 0.6 is 0 Å². The first-order chi connectivity index (χ1) is 5.22. The van der Waals surface area contributed by atoms with Crippen molar-refractivity contribution >= 4 is 5.97 Å². The molecular weight excluding hydrogens is 148 g/mol. The second kappa shape index (κ2) is 6.12. The molecule has 0 saturated carbocycles. The van der Waals surface area contributed by atoms with Gasteiger partial charge in [-0.1, -0.05) is 0 Å². The average Bonchev–Trinajstić information content (AvgIpc) is 2.03. The smallest absolute Gasteiger partial charge is 0.310 e. The van der Waals surface area contributed by atoms with Gasteiger partial charge in [-0.15, -0.1) is 0 Å². The van der Waals surface area contributed by atoms with Crippen molar-refractivity contribution in [2.75, 3.05) is 26.9 Å². The van der Waals surface area contributed by atoms with Crippen LogP contribution in [0.25, 0.3) is 0 Å². The highest BCUT2D eigenvalue weighted by Crippen LogP contribution is 1.97. The van der Waals surface area contributed by atoms with Crippen molar-refractivity contribution < 1.29 is 19.4 Å². The highest BCUT2D eigenvalue weighted by atomic mass is 16.5. The number of ether oxygens (including phenoxy) is 2. The molecule has 0 aliphatic heterocycles. The zero-order chi connectivity index (χ0) is 8.69. The summed E-state index contributed by atoms with van der Waals surface area (Å²) in [7, 11) is 1.34. The van der Waals surface area contributed by atoms with Gasteiger partial charge in [-0.3, -0.25) is 4.79 Å². The van der Waals surface area contributed by atoms with Crippen LogP contribution in [-0.2, 0) is 14.3 Å². The molecule has 0 bridgehead atoms. The maximum Gasteiger partial charge on any atom is 0.310 e. The standard InChI is InChI=1S/C7H14O4/c1-6(7(9)10-2)5-11-4-3-8/h6,8H,3-5H2,1-2H3/t6-/m0/s1. The fourth-order valence-corrected chi connectivity index (χ4v) is 0.594. The Labute approximate surface area is 66.1 Å². The third-order valence-corrected chi connectivity index (χ3v) is 1.21. The second-order valence-electron chi connectivity index (χ2n) is 2.22. The van der Waals surface area contributed by atoms with Crippen molar-refractivity contribution in [2.24, 2.45) is 5.92 Å². The highest BCUT2D eigenvalue weighted by molar-refractivity contribution is 5.71. The monoisotopic (exact) mass is 162 g/mol. The molecule has 0 heterocycles. The van der Waals surface area contributed by atoms with Crippen molar-refractivity contribution in [3.8, 4) is 0 Å². The van der Waals surface area contributed by atoms with E-state index in [0.717, 1.165) is 0 Å². The predicted octanol–water partition coefficient (Wildman–Crippen LogP) is -0.196. The number of rotatable bonds is 5. The van der Waals surface area contributed by atoms with Crippen LogP contribution in [0.5, 0.6) is 0 Å². The highest BCUT2D eigenvalue weighted by Gasteiger charge is 2.12. The van der Waals surface area contributed by atoms with Crippen LogP contribution in [-0.4, -0.2) is 38.0 Å². The summed E-state index contributed by atoms with van der Waals surface area (Å²) in [5, 5.41) is 8.33. The molecule has 0 aromatic carbocycles. The SMILES string of the molecule is COC(=O)[C@@H](C)COCCO. The molecule has 0 fully saturated rings. The Kier molecular flexibility index (Phi) is 5.78. The molecule has 0 aromatic heterocycles. The largest absolute Gasteiger partial charge is 0.469 e. The Balaban J connectivity index is 3.36. The number of carbonyl (C=O) groups is 1. The fourth-order valence-electron chi connectivity index (χ4n) is 0.594. The molecule has 4 heteroatoms. The quantitative estimate of drug-likeness (QED) is 0.449. The zero-order valence-corrected chi connectivity index (χ0v) is 6.87. The van der Waals surface area contributed by atoms with E-state index in [-0.39, 0.29) is 25.1 Å². The van der Waals surface area contributed by atoms with Crippen LogP contribution < -0.4 is 0 Å². The first-order valence-electron chi connectivity index (χ1n) is 3.48. The van der Waals surface area contributed by atoms with E-state index in [4.69, 9.17) is 9.84 Å². The van der Waals surface area contributed by atoms with Gasteiger partial charge in [0.05, 0.1) is 32.8 Å². The summed E-state index contributed by atoms with van der Waals surface area (Å²) in [5.74, 6) is -0.547. The Bertz CT molecular complexity index is 113. The summed E-state index contributed by atoms with van der Waals surface area (Å²) >= 11 is 0. The number of aliphatic hydroxyl groups is 1. The molecule has 0 aliphatic carbocycles. The molecule has 11 heavy (non-hydrogen) atoms. The minimum absolute atomic E-state index is 0.0199.